The molecule has 2 aliphatic rings. The third-order valence-corrected chi connectivity index (χ3v) is 2.48. The number of hydrogen-bond donors (Lipinski definition) is 0. The fraction of sp³-hybridized carbons (Fsp3) is 0.750. The van der Waals surface area contributed by atoms with E-state index >= 15 is 0 Å². The van der Waals surface area contributed by atoms with Crippen LogP contribution in [0.5, 0.6) is 0 Å². The number of ether oxygens (including phenoxy) is 2. The zero-order valence-electron chi connectivity index (χ0n) is 6.51. The first kappa shape index (κ1) is 7.89. The maximum atomic E-state index is 10.5. The molecule has 66 valence electrons. The molecule has 0 saturated carbocycles. The van der Waals surface area contributed by atoms with E-state index in [2.05, 4.69) is 0 Å². The van der Waals surface area contributed by atoms with Gasteiger partial charge in [0.15, 0.2) is 0 Å². The molecular formula is C8H10O4. The minimum atomic E-state index is -0.183. The van der Waals surface area contributed by atoms with E-state index in [1.54, 1.807) is 0 Å². The summed E-state index contributed by atoms with van der Waals surface area (Å²) in [5, 5.41) is 0. The van der Waals surface area contributed by atoms with Crippen molar-refractivity contribution in [3.8, 4) is 0 Å². The molecule has 4 heteroatoms. The Labute approximate surface area is 69.8 Å². The highest BCUT2D eigenvalue weighted by atomic mass is 16.6. The molecule has 12 heavy (non-hydrogen) atoms. The predicted molar refractivity (Wildman–Crippen MR) is 38.6 cm³/mol. The zero-order valence-corrected chi connectivity index (χ0v) is 6.51. The Morgan fingerprint density at radius 1 is 0.917 bits per heavy atom. The van der Waals surface area contributed by atoms with Gasteiger partial charge in [-0.05, 0) is 0 Å². The third-order valence-electron chi connectivity index (χ3n) is 2.48. The van der Waals surface area contributed by atoms with Crippen LogP contribution in [0, 0.1) is 11.8 Å². The highest BCUT2D eigenvalue weighted by molar-refractivity contribution is 5.59. The van der Waals surface area contributed by atoms with E-state index in [0.717, 1.165) is 12.6 Å². The molecule has 0 aromatic heterocycles. The highest BCUT2D eigenvalue weighted by Gasteiger charge is 2.47. The summed E-state index contributed by atoms with van der Waals surface area (Å²) < 4.78 is 10.6. The fourth-order valence-corrected chi connectivity index (χ4v) is 1.79. The van der Waals surface area contributed by atoms with Crippen LogP contribution in [-0.2, 0) is 19.1 Å². The molecule has 2 aliphatic heterocycles. The SMILES string of the molecule is O=CC1CO[C@@H]2C(C=O)CO[C@H]12. The van der Waals surface area contributed by atoms with E-state index in [-0.39, 0.29) is 24.0 Å². The Morgan fingerprint density at radius 2 is 1.33 bits per heavy atom. The first-order valence-electron chi connectivity index (χ1n) is 4.00. The Balaban J connectivity index is 2.10. The number of aldehydes is 2. The Bertz CT molecular complexity index is 181. The molecule has 2 unspecified atom stereocenters. The second kappa shape index (κ2) is 2.95. The van der Waals surface area contributed by atoms with E-state index < -0.39 is 0 Å². The molecule has 2 fully saturated rings. The second-order valence-electron chi connectivity index (χ2n) is 3.20. The van der Waals surface area contributed by atoms with Crippen LogP contribution in [-0.4, -0.2) is 38.0 Å². The van der Waals surface area contributed by atoms with Crippen LogP contribution in [0.3, 0.4) is 0 Å². The average molecular weight is 170 g/mol. The lowest BCUT2D eigenvalue weighted by molar-refractivity contribution is -0.114. The summed E-state index contributed by atoms with van der Waals surface area (Å²) in [5.74, 6) is -0.361. The largest absolute Gasteiger partial charge is 0.374 e. The van der Waals surface area contributed by atoms with Crippen molar-refractivity contribution in [2.24, 2.45) is 11.8 Å². The van der Waals surface area contributed by atoms with Crippen LogP contribution in [0.15, 0.2) is 0 Å². The predicted octanol–water partition coefficient (Wildman–Crippen LogP) is -0.586. The van der Waals surface area contributed by atoms with Gasteiger partial charge in [0.05, 0.1) is 37.3 Å². The van der Waals surface area contributed by atoms with Crippen LogP contribution in [0.1, 0.15) is 0 Å². The molecule has 4 atom stereocenters. The molecule has 0 spiro atoms. The standard InChI is InChI=1S/C8H10O4/c9-1-5-3-11-8-6(2-10)4-12-7(5)8/h1-2,5-8H,3-4H2/t5?,6?,7-,8-/m1/s1. The molecule has 0 aromatic rings. The first-order chi connectivity index (χ1) is 5.86. The molecule has 2 rings (SSSR count). The third kappa shape index (κ3) is 0.990. The summed E-state index contributed by atoms with van der Waals surface area (Å²) in [4.78, 5) is 21.0. The van der Waals surface area contributed by atoms with Crippen molar-refractivity contribution >= 4 is 12.6 Å². The number of fused-ring (bicyclic) bond motifs is 1. The van der Waals surface area contributed by atoms with Gasteiger partial charge in [0.1, 0.15) is 12.6 Å². The zero-order chi connectivity index (χ0) is 8.55. The van der Waals surface area contributed by atoms with Crippen molar-refractivity contribution in [2.45, 2.75) is 12.2 Å². The Kier molecular flexibility index (Phi) is 1.94. The van der Waals surface area contributed by atoms with E-state index in [1.807, 2.05) is 0 Å². The highest BCUT2D eigenvalue weighted by Crippen LogP contribution is 2.32. The summed E-state index contributed by atoms with van der Waals surface area (Å²) in [6.07, 6.45) is 1.32. The minimum absolute atomic E-state index is 0.181. The van der Waals surface area contributed by atoms with Gasteiger partial charge in [-0.3, -0.25) is 0 Å². The van der Waals surface area contributed by atoms with Crippen molar-refractivity contribution in [1.29, 1.82) is 0 Å². The normalized spacial score (nSPS) is 45.7. The minimum Gasteiger partial charge on any atom is -0.374 e. The lowest BCUT2D eigenvalue weighted by Gasteiger charge is -2.09. The average Bonchev–Trinajstić information content (AvgIpc) is 2.62. The van der Waals surface area contributed by atoms with Gasteiger partial charge >= 0.3 is 0 Å². The maximum absolute atomic E-state index is 10.5. The van der Waals surface area contributed by atoms with E-state index in [4.69, 9.17) is 9.47 Å². The number of rotatable bonds is 2. The van der Waals surface area contributed by atoms with Crippen molar-refractivity contribution in [1.82, 2.24) is 0 Å². The van der Waals surface area contributed by atoms with Crippen LogP contribution >= 0.6 is 0 Å². The van der Waals surface area contributed by atoms with Gasteiger partial charge < -0.3 is 19.1 Å². The Hall–Kier alpha value is -0.740. The van der Waals surface area contributed by atoms with Crippen molar-refractivity contribution in [2.75, 3.05) is 13.2 Å². The number of carbonyl (C=O) groups excluding carboxylic acids is 2. The molecule has 0 radical (unpaired) electrons. The molecule has 0 aliphatic carbocycles. The van der Waals surface area contributed by atoms with Gasteiger partial charge in [-0.25, -0.2) is 0 Å². The smallest absolute Gasteiger partial charge is 0.128 e. The van der Waals surface area contributed by atoms with Crippen LogP contribution < -0.4 is 0 Å². The summed E-state index contributed by atoms with van der Waals surface area (Å²) in [6, 6.07) is 0. The Morgan fingerprint density at radius 3 is 1.67 bits per heavy atom. The molecule has 4 nitrogen and oxygen atoms in total. The van der Waals surface area contributed by atoms with Gasteiger partial charge in [0, 0.05) is 0 Å². The van der Waals surface area contributed by atoms with Crippen LogP contribution in [0.2, 0.25) is 0 Å². The first-order valence-corrected chi connectivity index (χ1v) is 4.00. The van der Waals surface area contributed by atoms with Gasteiger partial charge in [0.2, 0.25) is 0 Å². The second-order valence-corrected chi connectivity index (χ2v) is 3.20. The molecule has 2 saturated heterocycles. The lowest BCUT2D eigenvalue weighted by Crippen LogP contribution is -2.27. The van der Waals surface area contributed by atoms with Gasteiger partial charge in [0.25, 0.3) is 0 Å². The topological polar surface area (TPSA) is 52.6 Å². The van der Waals surface area contributed by atoms with Gasteiger partial charge in [-0.15, -0.1) is 0 Å². The maximum Gasteiger partial charge on any atom is 0.128 e. The van der Waals surface area contributed by atoms with E-state index in [0.29, 0.717) is 13.2 Å². The molecule has 2 heterocycles. The van der Waals surface area contributed by atoms with Gasteiger partial charge in [-0.2, -0.15) is 0 Å². The van der Waals surface area contributed by atoms with E-state index in [9.17, 15) is 9.59 Å². The lowest BCUT2D eigenvalue weighted by atomic mass is 9.98. The van der Waals surface area contributed by atoms with Crippen molar-refractivity contribution in [3.05, 3.63) is 0 Å². The number of hydrogen-bond acceptors (Lipinski definition) is 4. The van der Waals surface area contributed by atoms with E-state index in [1.165, 1.54) is 0 Å². The molecule has 0 aromatic carbocycles. The van der Waals surface area contributed by atoms with Crippen LogP contribution in [0.25, 0.3) is 0 Å². The van der Waals surface area contributed by atoms with Crippen LogP contribution in [0.4, 0.5) is 0 Å². The summed E-state index contributed by atoms with van der Waals surface area (Å²) in [6.45, 7) is 0.784. The molecule has 0 N–H and O–H groups in total. The fourth-order valence-electron chi connectivity index (χ4n) is 1.79. The summed E-state index contributed by atoms with van der Waals surface area (Å²) >= 11 is 0. The summed E-state index contributed by atoms with van der Waals surface area (Å²) in [7, 11) is 0. The monoisotopic (exact) mass is 170 g/mol. The quantitative estimate of drug-likeness (QED) is 0.520. The molecule has 0 amide bonds. The van der Waals surface area contributed by atoms with Gasteiger partial charge in [-0.1, -0.05) is 0 Å². The molecule has 0 bridgehead atoms. The number of carbonyl (C=O) groups is 2. The molecular weight excluding hydrogens is 160 g/mol. The van der Waals surface area contributed by atoms with Crippen molar-refractivity contribution < 1.29 is 19.1 Å². The summed E-state index contributed by atoms with van der Waals surface area (Å²) in [5.41, 5.74) is 0. The van der Waals surface area contributed by atoms with Crippen molar-refractivity contribution in [3.63, 3.8) is 0 Å².